The zero-order valence-electron chi connectivity index (χ0n) is 14.5. The Kier molecular flexibility index (Phi) is 7.95. The average Bonchev–Trinajstić information content (AvgIpc) is 3.02. The molecule has 1 heterocycles. The molecule has 0 radical (unpaired) electrons. The van der Waals surface area contributed by atoms with E-state index < -0.39 is 0 Å². The van der Waals surface area contributed by atoms with Crippen LogP contribution in [-0.4, -0.2) is 24.6 Å². The van der Waals surface area contributed by atoms with E-state index in [2.05, 4.69) is 10.3 Å². The lowest BCUT2D eigenvalue weighted by molar-refractivity contribution is 0.415. The SMILES string of the molecule is COc1ccc(NC(N)=NCCCc2nc3c(s2)CCCC3)cc1.I. The molecule has 3 N–H and O–H groups in total. The summed E-state index contributed by atoms with van der Waals surface area (Å²) in [7, 11) is 1.65. The van der Waals surface area contributed by atoms with Crippen molar-refractivity contribution in [3.63, 3.8) is 0 Å². The largest absolute Gasteiger partial charge is 0.497 e. The summed E-state index contributed by atoms with van der Waals surface area (Å²) in [5, 5.41) is 4.34. The second-order valence-corrected chi connectivity index (χ2v) is 7.08. The quantitative estimate of drug-likeness (QED) is 0.289. The Balaban J connectivity index is 0.00000225. The highest BCUT2D eigenvalue weighted by Crippen LogP contribution is 2.27. The van der Waals surface area contributed by atoms with E-state index in [1.165, 1.54) is 34.8 Å². The maximum absolute atomic E-state index is 5.93. The van der Waals surface area contributed by atoms with Crippen LogP contribution in [0.25, 0.3) is 0 Å². The number of guanidine groups is 1. The van der Waals surface area contributed by atoms with E-state index >= 15 is 0 Å². The fraction of sp³-hybridized carbons (Fsp3) is 0.444. The summed E-state index contributed by atoms with van der Waals surface area (Å²) < 4.78 is 5.13. The molecular weight excluding hydrogens is 447 g/mol. The molecule has 0 aliphatic heterocycles. The van der Waals surface area contributed by atoms with Crippen molar-refractivity contribution in [3.8, 4) is 5.75 Å². The molecule has 136 valence electrons. The lowest BCUT2D eigenvalue weighted by Crippen LogP contribution is -2.22. The Morgan fingerprint density at radius 3 is 2.76 bits per heavy atom. The summed E-state index contributed by atoms with van der Waals surface area (Å²) >= 11 is 1.88. The molecule has 0 bridgehead atoms. The number of methoxy groups -OCH3 is 1. The molecule has 7 heteroatoms. The van der Waals surface area contributed by atoms with Crippen LogP contribution in [-0.2, 0) is 19.3 Å². The molecule has 3 rings (SSSR count). The number of rotatable bonds is 6. The second-order valence-electron chi connectivity index (χ2n) is 5.91. The summed E-state index contributed by atoms with van der Waals surface area (Å²) in [4.78, 5) is 10.7. The van der Waals surface area contributed by atoms with E-state index in [9.17, 15) is 0 Å². The zero-order chi connectivity index (χ0) is 16.8. The minimum atomic E-state index is 0. The van der Waals surface area contributed by atoms with Crippen molar-refractivity contribution in [1.82, 2.24) is 4.98 Å². The van der Waals surface area contributed by atoms with Gasteiger partial charge in [0, 0.05) is 23.5 Å². The van der Waals surface area contributed by atoms with Gasteiger partial charge in [-0.2, -0.15) is 0 Å². The minimum absolute atomic E-state index is 0. The van der Waals surface area contributed by atoms with Gasteiger partial charge >= 0.3 is 0 Å². The highest BCUT2D eigenvalue weighted by atomic mass is 127. The number of halogens is 1. The van der Waals surface area contributed by atoms with E-state index in [1.54, 1.807) is 7.11 Å². The number of ether oxygens (including phenoxy) is 1. The molecule has 0 saturated carbocycles. The van der Waals surface area contributed by atoms with E-state index in [1.807, 2.05) is 35.6 Å². The third-order valence-corrected chi connectivity index (χ3v) is 5.30. The Bertz CT molecular complexity index is 676. The second kappa shape index (κ2) is 9.96. The van der Waals surface area contributed by atoms with Crippen molar-refractivity contribution in [2.75, 3.05) is 19.0 Å². The van der Waals surface area contributed by atoms with Crippen LogP contribution < -0.4 is 15.8 Å². The van der Waals surface area contributed by atoms with Crippen molar-refractivity contribution in [2.45, 2.75) is 38.5 Å². The molecule has 1 aromatic heterocycles. The first-order valence-corrected chi connectivity index (χ1v) is 9.24. The number of hydrogen-bond acceptors (Lipinski definition) is 4. The van der Waals surface area contributed by atoms with Gasteiger partial charge in [-0.05, 0) is 56.4 Å². The van der Waals surface area contributed by atoms with Crippen LogP contribution in [0, 0.1) is 0 Å². The van der Waals surface area contributed by atoms with Gasteiger partial charge in [-0.3, -0.25) is 4.99 Å². The van der Waals surface area contributed by atoms with E-state index in [4.69, 9.17) is 15.5 Å². The minimum Gasteiger partial charge on any atom is -0.497 e. The van der Waals surface area contributed by atoms with Gasteiger partial charge in [0.1, 0.15) is 5.75 Å². The zero-order valence-corrected chi connectivity index (χ0v) is 17.6. The Morgan fingerprint density at radius 1 is 1.28 bits per heavy atom. The van der Waals surface area contributed by atoms with Gasteiger partial charge in [-0.15, -0.1) is 35.3 Å². The number of nitrogens with zero attached hydrogens (tertiary/aromatic N) is 2. The van der Waals surface area contributed by atoms with Crippen LogP contribution in [0.3, 0.4) is 0 Å². The van der Waals surface area contributed by atoms with E-state index in [0.717, 1.165) is 30.7 Å². The molecule has 1 aromatic carbocycles. The van der Waals surface area contributed by atoms with Gasteiger partial charge in [-0.1, -0.05) is 0 Å². The van der Waals surface area contributed by atoms with Crippen molar-refractivity contribution < 1.29 is 4.74 Å². The number of nitrogens with one attached hydrogen (secondary N) is 1. The maximum atomic E-state index is 5.93. The molecular formula is C18H25IN4OS. The predicted octanol–water partition coefficient (Wildman–Crippen LogP) is 4.01. The third kappa shape index (κ3) is 5.85. The van der Waals surface area contributed by atoms with Gasteiger partial charge in [0.15, 0.2) is 5.96 Å². The Hall–Kier alpha value is -1.35. The molecule has 0 unspecified atom stereocenters. The summed E-state index contributed by atoms with van der Waals surface area (Å²) in [6, 6.07) is 7.61. The molecule has 1 aliphatic rings. The fourth-order valence-electron chi connectivity index (χ4n) is 2.80. The van der Waals surface area contributed by atoms with Crippen molar-refractivity contribution >= 4 is 47.0 Å². The van der Waals surface area contributed by atoms with Gasteiger partial charge < -0.3 is 15.8 Å². The first kappa shape index (κ1) is 20.0. The molecule has 0 atom stereocenters. The lowest BCUT2D eigenvalue weighted by atomic mass is 10.0. The van der Waals surface area contributed by atoms with Crippen molar-refractivity contribution in [3.05, 3.63) is 39.8 Å². The number of aliphatic imine (C=N–C) groups is 1. The summed E-state index contributed by atoms with van der Waals surface area (Å²) in [6.45, 7) is 0.708. The van der Waals surface area contributed by atoms with Crippen LogP contribution in [0.1, 0.15) is 34.8 Å². The molecule has 1 aliphatic carbocycles. The molecule has 2 aromatic rings. The number of hydrogen-bond donors (Lipinski definition) is 2. The summed E-state index contributed by atoms with van der Waals surface area (Å²) in [6.07, 6.45) is 6.92. The smallest absolute Gasteiger partial charge is 0.193 e. The van der Waals surface area contributed by atoms with Crippen LogP contribution in [0.15, 0.2) is 29.3 Å². The highest BCUT2D eigenvalue weighted by molar-refractivity contribution is 14.0. The number of benzene rings is 1. The predicted molar refractivity (Wildman–Crippen MR) is 116 cm³/mol. The Labute approximate surface area is 170 Å². The molecule has 0 saturated heterocycles. The molecule has 0 spiro atoms. The van der Waals surface area contributed by atoms with Crippen LogP contribution in [0.5, 0.6) is 5.75 Å². The number of anilines is 1. The van der Waals surface area contributed by atoms with Crippen molar-refractivity contribution in [1.29, 1.82) is 0 Å². The van der Waals surface area contributed by atoms with Crippen molar-refractivity contribution in [2.24, 2.45) is 10.7 Å². The highest BCUT2D eigenvalue weighted by Gasteiger charge is 2.14. The third-order valence-electron chi connectivity index (χ3n) is 4.08. The van der Waals surface area contributed by atoms with Gasteiger partial charge in [0.2, 0.25) is 0 Å². The monoisotopic (exact) mass is 472 g/mol. The Morgan fingerprint density at radius 2 is 2.04 bits per heavy atom. The number of aryl methyl sites for hydroxylation is 3. The van der Waals surface area contributed by atoms with E-state index in [0.29, 0.717) is 12.5 Å². The van der Waals surface area contributed by atoms with Crippen LogP contribution in [0.4, 0.5) is 5.69 Å². The van der Waals surface area contributed by atoms with Gasteiger partial charge in [-0.25, -0.2) is 4.98 Å². The van der Waals surface area contributed by atoms with E-state index in [-0.39, 0.29) is 24.0 Å². The van der Waals surface area contributed by atoms with Crippen LogP contribution in [0.2, 0.25) is 0 Å². The first-order valence-electron chi connectivity index (χ1n) is 8.43. The summed E-state index contributed by atoms with van der Waals surface area (Å²) in [5.74, 6) is 1.26. The number of aromatic nitrogens is 1. The summed E-state index contributed by atoms with van der Waals surface area (Å²) in [5.41, 5.74) is 8.18. The number of fused-ring (bicyclic) bond motifs is 1. The molecule has 25 heavy (non-hydrogen) atoms. The number of thiazole rings is 1. The fourth-order valence-corrected chi connectivity index (χ4v) is 4.00. The maximum Gasteiger partial charge on any atom is 0.193 e. The topological polar surface area (TPSA) is 72.5 Å². The van der Waals surface area contributed by atoms with Gasteiger partial charge in [0.05, 0.1) is 17.8 Å². The molecule has 0 amide bonds. The standard InChI is InChI=1S/C18H24N4OS.HI/c1-23-14-10-8-13(9-11-14)21-18(19)20-12-4-7-17-22-15-5-2-3-6-16(15)24-17;/h8-11H,2-7,12H2,1H3,(H3,19,20,21);1H. The number of nitrogens with two attached hydrogens (primary N) is 1. The molecule has 5 nitrogen and oxygen atoms in total. The van der Waals surface area contributed by atoms with Crippen LogP contribution >= 0.6 is 35.3 Å². The van der Waals surface area contributed by atoms with Gasteiger partial charge in [0.25, 0.3) is 0 Å². The normalized spacial score (nSPS) is 13.7. The average molecular weight is 472 g/mol. The first-order chi connectivity index (χ1) is 11.7. The molecule has 0 fully saturated rings. The lowest BCUT2D eigenvalue weighted by Gasteiger charge is -2.06.